The van der Waals surface area contributed by atoms with Crippen LogP contribution in [0.25, 0.3) is 0 Å². The van der Waals surface area contributed by atoms with Crippen LogP contribution in [0.2, 0.25) is 5.15 Å². The van der Waals surface area contributed by atoms with Crippen molar-refractivity contribution in [2.45, 2.75) is 39.4 Å². The first-order valence-electron chi connectivity index (χ1n) is 7.36. The molecule has 122 valence electrons. The van der Waals surface area contributed by atoms with Crippen molar-refractivity contribution >= 4 is 17.7 Å². The number of ether oxygens (including phenoxy) is 2. The van der Waals surface area contributed by atoms with E-state index in [1.54, 1.807) is 17.3 Å². The predicted molar refractivity (Wildman–Crippen MR) is 82.6 cm³/mol. The third-order valence-corrected chi connectivity index (χ3v) is 3.57. The molecule has 0 spiro atoms. The van der Waals surface area contributed by atoms with E-state index in [-0.39, 0.29) is 6.09 Å². The Balaban J connectivity index is 1.73. The lowest BCUT2D eigenvalue weighted by Crippen LogP contribution is -2.35. The minimum atomic E-state index is -0.464. The van der Waals surface area contributed by atoms with Crippen LogP contribution < -0.4 is 0 Å². The number of likely N-dealkylation sites (tertiary alicyclic amines) is 1. The predicted octanol–water partition coefficient (Wildman–Crippen LogP) is 2.90. The average molecular weight is 328 g/mol. The highest BCUT2D eigenvalue weighted by Gasteiger charge is 2.29. The molecule has 1 unspecified atom stereocenters. The largest absolute Gasteiger partial charge is 0.444 e. The van der Waals surface area contributed by atoms with Gasteiger partial charge in [-0.05, 0) is 27.2 Å². The Morgan fingerprint density at radius 1 is 1.41 bits per heavy atom. The first kappa shape index (κ1) is 17.0. The highest BCUT2D eigenvalue weighted by atomic mass is 35.5. The molecule has 0 aromatic carbocycles. The molecule has 7 heteroatoms. The van der Waals surface area contributed by atoms with Crippen molar-refractivity contribution in [3.63, 3.8) is 0 Å². The van der Waals surface area contributed by atoms with E-state index in [2.05, 4.69) is 9.97 Å². The highest BCUT2D eigenvalue weighted by molar-refractivity contribution is 6.29. The molecule has 1 aliphatic rings. The maximum Gasteiger partial charge on any atom is 0.410 e. The van der Waals surface area contributed by atoms with Crippen molar-refractivity contribution in [1.29, 1.82) is 0 Å². The zero-order valence-electron chi connectivity index (χ0n) is 13.2. The summed E-state index contributed by atoms with van der Waals surface area (Å²) < 4.78 is 11.0. The molecule has 2 heterocycles. The van der Waals surface area contributed by atoms with Gasteiger partial charge in [-0.1, -0.05) is 11.6 Å². The molecule has 0 N–H and O–H groups in total. The Morgan fingerprint density at radius 3 is 2.82 bits per heavy atom. The number of hydrogen-bond acceptors (Lipinski definition) is 5. The van der Waals surface area contributed by atoms with Crippen LogP contribution in [0.1, 0.15) is 32.9 Å². The Bertz CT molecular complexity index is 519. The van der Waals surface area contributed by atoms with Crippen LogP contribution in [0.3, 0.4) is 0 Å². The van der Waals surface area contributed by atoms with Gasteiger partial charge in [-0.3, -0.25) is 4.98 Å². The summed E-state index contributed by atoms with van der Waals surface area (Å²) in [6.45, 7) is 7.85. The lowest BCUT2D eigenvalue weighted by molar-refractivity contribution is 0.0271. The zero-order valence-corrected chi connectivity index (χ0v) is 14.0. The van der Waals surface area contributed by atoms with Crippen LogP contribution in [0, 0.1) is 5.92 Å². The van der Waals surface area contributed by atoms with Gasteiger partial charge < -0.3 is 14.4 Å². The Morgan fingerprint density at radius 2 is 2.14 bits per heavy atom. The van der Waals surface area contributed by atoms with Gasteiger partial charge in [0.25, 0.3) is 0 Å². The van der Waals surface area contributed by atoms with Crippen LogP contribution in [0.4, 0.5) is 4.79 Å². The van der Waals surface area contributed by atoms with Crippen molar-refractivity contribution in [3.8, 4) is 0 Å². The molecule has 0 saturated carbocycles. The normalized spacial score (nSPS) is 18.5. The monoisotopic (exact) mass is 327 g/mol. The van der Waals surface area contributed by atoms with Crippen molar-refractivity contribution in [1.82, 2.24) is 14.9 Å². The average Bonchev–Trinajstić information content (AvgIpc) is 2.88. The number of carbonyl (C=O) groups excluding carboxylic acids is 1. The maximum atomic E-state index is 12.0. The molecule has 0 aliphatic carbocycles. The number of hydrogen-bond donors (Lipinski definition) is 0. The molecule has 0 radical (unpaired) electrons. The van der Waals surface area contributed by atoms with Crippen LogP contribution in [0.5, 0.6) is 0 Å². The maximum absolute atomic E-state index is 12.0. The molecule has 1 atom stereocenters. The van der Waals surface area contributed by atoms with Crippen molar-refractivity contribution < 1.29 is 14.3 Å². The van der Waals surface area contributed by atoms with E-state index in [4.69, 9.17) is 21.1 Å². The minimum Gasteiger partial charge on any atom is -0.444 e. The van der Waals surface area contributed by atoms with E-state index < -0.39 is 5.60 Å². The standard InChI is InChI=1S/C15H22ClN3O3/c1-15(2,3)22-14(20)19-7-4-11(8-19)9-21-10-12-13(16)18-6-5-17-12/h5-6,11H,4,7-10H2,1-3H3. The van der Waals surface area contributed by atoms with Crippen LogP contribution in [0.15, 0.2) is 12.4 Å². The summed E-state index contributed by atoms with van der Waals surface area (Å²) in [5.41, 5.74) is 0.167. The topological polar surface area (TPSA) is 64.5 Å². The van der Waals surface area contributed by atoms with E-state index in [9.17, 15) is 4.79 Å². The van der Waals surface area contributed by atoms with Crippen LogP contribution in [-0.2, 0) is 16.1 Å². The van der Waals surface area contributed by atoms with Gasteiger partial charge in [0.2, 0.25) is 0 Å². The third-order valence-electron chi connectivity index (χ3n) is 3.25. The molecule has 1 aromatic rings. The van der Waals surface area contributed by atoms with Crippen molar-refractivity contribution in [3.05, 3.63) is 23.2 Å². The molecule has 1 amide bonds. The first-order valence-corrected chi connectivity index (χ1v) is 7.74. The highest BCUT2D eigenvalue weighted by Crippen LogP contribution is 2.20. The Labute approximate surface area is 135 Å². The van der Waals surface area contributed by atoms with Crippen molar-refractivity contribution in [2.75, 3.05) is 19.7 Å². The summed E-state index contributed by atoms with van der Waals surface area (Å²) in [5.74, 6) is 0.308. The lowest BCUT2D eigenvalue weighted by Gasteiger charge is -2.24. The molecule has 1 fully saturated rings. The molecule has 1 saturated heterocycles. The molecular weight excluding hydrogens is 306 g/mol. The SMILES string of the molecule is CC(C)(C)OC(=O)N1CCC(COCc2nccnc2Cl)C1. The number of halogens is 1. The smallest absolute Gasteiger partial charge is 0.410 e. The molecule has 6 nitrogen and oxygen atoms in total. The summed E-state index contributed by atoms with van der Waals surface area (Å²) in [6.07, 6.45) is 3.78. The van der Waals surface area contributed by atoms with E-state index in [0.29, 0.717) is 43.1 Å². The van der Waals surface area contributed by atoms with E-state index in [0.717, 1.165) is 6.42 Å². The number of aromatic nitrogens is 2. The molecular formula is C15H22ClN3O3. The Kier molecular flexibility index (Phi) is 5.58. The summed E-state index contributed by atoms with van der Waals surface area (Å²) >= 11 is 5.92. The molecule has 1 aromatic heterocycles. The Hall–Kier alpha value is -1.40. The van der Waals surface area contributed by atoms with Crippen LogP contribution >= 0.6 is 11.6 Å². The van der Waals surface area contributed by atoms with E-state index >= 15 is 0 Å². The second-order valence-corrected chi connectivity index (χ2v) is 6.75. The number of carbonyl (C=O) groups is 1. The van der Waals surface area contributed by atoms with Gasteiger partial charge >= 0.3 is 6.09 Å². The van der Waals surface area contributed by atoms with Gasteiger partial charge in [-0.15, -0.1) is 0 Å². The van der Waals surface area contributed by atoms with E-state index in [1.807, 2.05) is 20.8 Å². The quantitative estimate of drug-likeness (QED) is 0.850. The van der Waals surface area contributed by atoms with Gasteiger partial charge in [-0.2, -0.15) is 0 Å². The van der Waals surface area contributed by atoms with Gasteiger partial charge in [0, 0.05) is 31.4 Å². The zero-order chi connectivity index (χ0) is 16.2. The summed E-state index contributed by atoms with van der Waals surface area (Å²) in [6, 6.07) is 0. The van der Waals surface area contributed by atoms with Gasteiger partial charge in [0.1, 0.15) is 11.3 Å². The molecule has 0 bridgehead atoms. The van der Waals surface area contributed by atoms with Crippen molar-refractivity contribution in [2.24, 2.45) is 5.92 Å². The van der Waals surface area contributed by atoms with E-state index in [1.165, 1.54) is 0 Å². The van der Waals surface area contributed by atoms with Crippen LogP contribution in [-0.4, -0.2) is 46.3 Å². The lowest BCUT2D eigenvalue weighted by atomic mass is 10.1. The summed E-state index contributed by atoms with van der Waals surface area (Å²) in [7, 11) is 0. The minimum absolute atomic E-state index is 0.257. The fourth-order valence-electron chi connectivity index (χ4n) is 2.23. The number of nitrogens with zero attached hydrogens (tertiary/aromatic N) is 3. The second-order valence-electron chi connectivity index (χ2n) is 6.39. The number of amides is 1. The number of rotatable bonds is 4. The van der Waals surface area contributed by atoms with Gasteiger partial charge in [0.05, 0.1) is 13.2 Å². The fraction of sp³-hybridized carbons (Fsp3) is 0.667. The third kappa shape index (κ3) is 5.10. The summed E-state index contributed by atoms with van der Waals surface area (Å²) in [5, 5.41) is 0.365. The summed E-state index contributed by atoms with van der Waals surface area (Å²) in [4.78, 5) is 21.8. The molecule has 22 heavy (non-hydrogen) atoms. The second kappa shape index (κ2) is 7.24. The van der Waals surface area contributed by atoms with Gasteiger partial charge in [-0.25, -0.2) is 9.78 Å². The molecule has 2 rings (SSSR count). The molecule has 1 aliphatic heterocycles. The van der Waals surface area contributed by atoms with Gasteiger partial charge in [0.15, 0.2) is 5.15 Å². The fourth-order valence-corrected chi connectivity index (χ4v) is 2.39. The first-order chi connectivity index (χ1) is 10.3.